The molecule has 0 saturated heterocycles. The second kappa shape index (κ2) is 6.56. The Kier molecular flexibility index (Phi) is 4.79. The Balaban J connectivity index is 2.00. The summed E-state index contributed by atoms with van der Waals surface area (Å²) in [6, 6.07) is 1.99. The van der Waals surface area contributed by atoms with Gasteiger partial charge in [0.05, 0.1) is 18.8 Å². The molecule has 1 aliphatic rings. The minimum absolute atomic E-state index is 0.0359. The summed E-state index contributed by atoms with van der Waals surface area (Å²) in [6.07, 6.45) is 7.70. The fourth-order valence-electron chi connectivity index (χ4n) is 2.49. The first-order chi connectivity index (χ1) is 9.22. The van der Waals surface area contributed by atoms with Gasteiger partial charge in [0.1, 0.15) is 5.82 Å². The quantitative estimate of drug-likeness (QED) is 0.873. The molecule has 0 aromatic carbocycles. The number of hydrogen-bond donors (Lipinski definition) is 2. The SMILES string of the molecule is CN(CCO)C(=O)Nc1ccnn1C1CCCCC1. The minimum Gasteiger partial charge on any atom is -0.395 e. The molecule has 1 fully saturated rings. The monoisotopic (exact) mass is 266 g/mol. The molecular weight excluding hydrogens is 244 g/mol. The van der Waals surface area contributed by atoms with Gasteiger partial charge >= 0.3 is 6.03 Å². The third kappa shape index (κ3) is 3.47. The largest absolute Gasteiger partial charge is 0.395 e. The van der Waals surface area contributed by atoms with Gasteiger partial charge < -0.3 is 10.0 Å². The summed E-state index contributed by atoms with van der Waals surface area (Å²) in [4.78, 5) is 13.4. The van der Waals surface area contributed by atoms with E-state index in [1.165, 1.54) is 24.2 Å². The molecule has 2 rings (SSSR count). The van der Waals surface area contributed by atoms with Gasteiger partial charge in [-0.15, -0.1) is 0 Å². The Labute approximate surface area is 113 Å². The van der Waals surface area contributed by atoms with Crippen LogP contribution in [-0.2, 0) is 0 Å². The Bertz CT molecular complexity index is 413. The third-order valence-corrected chi connectivity index (χ3v) is 3.61. The van der Waals surface area contributed by atoms with Gasteiger partial charge in [-0.2, -0.15) is 5.10 Å². The van der Waals surface area contributed by atoms with E-state index in [2.05, 4.69) is 10.4 Å². The van der Waals surface area contributed by atoms with Crippen LogP contribution in [-0.4, -0.2) is 46.0 Å². The number of amides is 2. The molecule has 1 aliphatic carbocycles. The second-order valence-corrected chi connectivity index (χ2v) is 5.03. The van der Waals surface area contributed by atoms with Gasteiger partial charge in [-0.25, -0.2) is 9.48 Å². The summed E-state index contributed by atoms with van der Waals surface area (Å²) in [5, 5.41) is 16.0. The van der Waals surface area contributed by atoms with Gasteiger partial charge in [0.25, 0.3) is 0 Å². The van der Waals surface area contributed by atoms with Crippen LogP contribution in [0.15, 0.2) is 12.3 Å². The van der Waals surface area contributed by atoms with E-state index < -0.39 is 0 Å². The Morgan fingerprint density at radius 1 is 1.53 bits per heavy atom. The summed E-state index contributed by atoms with van der Waals surface area (Å²) in [6.45, 7) is 0.287. The molecular formula is C13H22N4O2. The van der Waals surface area contributed by atoms with Crippen LogP contribution in [0.5, 0.6) is 0 Å². The summed E-state index contributed by atoms with van der Waals surface area (Å²) in [5.41, 5.74) is 0. The number of carbonyl (C=O) groups excluding carboxylic acids is 1. The first-order valence-corrected chi connectivity index (χ1v) is 6.89. The number of aliphatic hydroxyl groups is 1. The van der Waals surface area contributed by atoms with Gasteiger partial charge in [-0.3, -0.25) is 5.32 Å². The van der Waals surface area contributed by atoms with Crippen LogP contribution in [0.1, 0.15) is 38.1 Å². The molecule has 6 nitrogen and oxygen atoms in total. The fraction of sp³-hybridized carbons (Fsp3) is 0.692. The number of aromatic nitrogens is 2. The molecule has 0 atom stereocenters. The Morgan fingerprint density at radius 2 is 2.26 bits per heavy atom. The van der Waals surface area contributed by atoms with E-state index in [9.17, 15) is 4.79 Å². The maximum absolute atomic E-state index is 11.9. The molecule has 106 valence electrons. The maximum atomic E-state index is 11.9. The topological polar surface area (TPSA) is 70.4 Å². The van der Waals surface area contributed by atoms with Gasteiger partial charge in [-0.05, 0) is 12.8 Å². The van der Waals surface area contributed by atoms with E-state index in [0.717, 1.165) is 18.7 Å². The Morgan fingerprint density at radius 3 is 2.95 bits per heavy atom. The third-order valence-electron chi connectivity index (χ3n) is 3.61. The number of aliphatic hydroxyl groups excluding tert-OH is 1. The highest BCUT2D eigenvalue weighted by molar-refractivity contribution is 5.88. The molecule has 1 aromatic rings. The minimum atomic E-state index is -0.216. The number of urea groups is 1. The van der Waals surface area contributed by atoms with Crippen molar-refractivity contribution in [1.82, 2.24) is 14.7 Å². The van der Waals surface area contributed by atoms with E-state index in [0.29, 0.717) is 12.6 Å². The van der Waals surface area contributed by atoms with E-state index in [1.54, 1.807) is 13.2 Å². The van der Waals surface area contributed by atoms with Gasteiger partial charge in [-0.1, -0.05) is 19.3 Å². The highest BCUT2D eigenvalue weighted by atomic mass is 16.3. The highest BCUT2D eigenvalue weighted by Gasteiger charge is 2.19. The predicted molar refractivity (Wildman–Crippen MR) is 73.1 cm³/mol. The molecule has 0 bridgehead atoms. The molecule has 0 unspecified atom stereocenters. The number of nitrogens with zero attached hydrogens (tertiary/aromatic N) is 3. The Hall–Kier alpha value is -1.56. The van der Waals surface area contributed by atoms with Crippen molar-refractivity contribution >= 4 is 11.8 Å². The van der Waals surface area contributed by atoms with E-state index >= 15 is 0 Å². The summed E-state index contributed by atoms with van der Waals surface area (Å²) < 4.78 is 1.92. The molecule has 1 aromatic heterocycles. The molecule has 1 heterocycles. The summed E-state index contributed by atoms with van der Waals surface area (Å²) >= 11 is 0. The zero-order chi connectivity index (χ0) is 13.7. The predicted octanol–water partition coefficient (Wildman–Crippen LogP) is 1.84. The number of anilines is 1. The van der Waals surface area contributed by atoms with Crippen LogP contribution < -0.4 is 5.32 Å². The van der Waals surface area contributed by atoms with Crippen LogP contribution in [0, 0.1) is 0 Å². The normalized spacial score (nSPS) is 16.3. The summed E-state index contributed by atoms with van der Waals surface area (Å²) in [7, 11) is 1.66. The number of carbonyl (C=O) groups is 1. The molecule has 19 heavy (non-hydrogen) atoms. The van der Waals surface area contributed by atoms with Crippen molar-refractivity contribution in [2.24, 2.45) is 0 Å². The molecule has 0 spiro atoms. The van der Waals surface area contributed by atoms with Gasteiger partial charge in [0.2, 0.25) is 0 Å². The average Bonchev–Trinajstić information content (AvgIpc) is 2.88. The number of nitrogens with one attached hydrogen (secondary N) is 1. The number of rotatable bonds is 4. The van der Waals surface area contributed by atoms with Crippen LogP contribution in [0.4, 0.5) is 10.6 Å². The van der Waals surface area contributed by atoms with Crippen molar-refractivity contribution in [2.75, 3.05) is 25.5 Å². The van der Waals surface area contributed by atoms with Crippen LogP contribution in [0.25, 0.3) is 0 Å². The zero-order valence-electron chi connectivity index (χ0n) is 11.4. The van der Waals surface area contributed by atoms with Crippen molar-refractivity contribution in [3.8, 4) is 0 Å². The fourth-order valence-corrected chi connectivity index (χ4v) is 2.49. The number of hydrogen-bond acceptors (Lipinski definition) is 3. The average molecular weight is 266 g/mol. The summed E-state index contributed by atoms with van der Waals surface area (Å²) in [5.74, 6) is 0.738. The standard InChI is InChI=1S/C13H22N4O2/c1-16(9-10-18)13(19)15-12-7-8-14-17(12)11-5-3-2-4-6-11/h7-8,11,18H,2-6,9-10H2,1H3,(H,15,19). The lowest BCUT2D eigenvalue weighted by Crippen LogP contribution is -2.34. The van der Waals surface area contributed by atoms with Crippen LogP contribution in [0.2, 0.25) is 0 Å². The first kappa shape index (κ1) is 13.9. The van der Waals surface area contributed by atoms with E-state index in [1.807, 2.05) is 10.7 Å². The second-order valence-electron chi connectivity index (χ2n) is 5.03. The van der Waals surface area contributed by atoms with Crippen molar-refractivity contribution in [3.05, 3.63) is 12.3 Å². The molecule has 1 saturated carbocycles. The van der Waals surface area contributed by atoms with Crippen molar-refractivity contribution < 1.29 is 9.90 Å². The van der Waals surface area contributed by atoms with Crippen molar-refractivity contribution in [2.45, 2.75) is 38.1 Å². The molecule has 2 N–H and O–H groups in total. The molecule has 2 amide bonds. The van der Waals surface area contributed by atoms with Gasteiger partial charge in [0.15, 0.2) is 0 Å². The maximum Gasteiger partial charge on any atom is 0.322 e. The van der Waals surface area contributed by atoms with Crippen molar-refractivity contribution in [3.63, 3.8) is 0 Å². The number of likely N-dealkylation sites (N-methyl/N-ethyl adjacent to an activating group) is 1. The van der Waals surface area contributed by atoms with Gasteiger partial charge in [0, 0.05) is 19.7 Å². The lowest BCUT2D eigenvalue weighted by molar-refractivity contribution is 0.201. The molecule has 6 heteroatoms. The van der Waals surface area contributed by atoms with E-state index in [-0.39, 0.29) is 12.6 Å². The molecule has 0 aliphatic heterocycles. The smallest absolute Gasteiger partial charge is 0.322 e. The van der Waals surface area contributed by atoms with Crippen LogP contribution in [0.3, 0.4) is 0 Å². The lowest BCUT2D eigenvalue weighted by atomic mass is 9.96. The lowest BCUT2D eigenvalue weighted by Gasteiger charge is -2.24. The van der Waals surface area contributed by atoms with Crippen molar-refractivity contribution in [1.29, 1.82) is 0 Å². The molecule has 0 radical (unpaired) electrons. The first-order valence-electron chi connectivity index (χ1n) is 6.89. The van der Waals surface area contributed by atoms with Crippen LogP contribution >= 0.6 is 0 Å². The highest BCUT2D eigenvalue weighted by Crippen LogP contribution is 2.29. The van der Waals surface area contributed by atoms with E-state index in [4.69, 9.17) is 5.11 Å². The zero-order valence-corrected chi connectivity index (χ0v) is 11.4.